The molecule has 0 saturated heterocycles. The molecule has 1 aromatic heterocycles. The number of hydrogen-bond acceptors (Lipinski definition) is 4. The molecule has 0 spiro atoms. The summed E-state index contributed by atoms with van der Waals surface area (Å²) in [7, 11) is 1.96. The molecule has 0 aliphatic carbocycles. The largest absolute Gasteiger partial charge is 0.369 e. The Bertz CT molecular complexity index is 513. The number of nitrogens with zero attached hydrogens (tertiary/aromatic N) is 2. The first-order valence-corrected chi connectivity index (χ1v) is 6.35. The molecular formula is C12H11ClN2OS. The number of benzene rings is 1. The zero-order valence-electron chi connectivity index (χ0n) is 9.26. The van der Waals surface area contributed by atoms with E-state index in [0.29, 0.717) is 10.6 Å². The van der Waals surface area contributed by atoms with Crippen molar-refractivity contribution in [1.82, 2.24) is 4.98 Å². The molecular weight excluding hydrogens is 256 g/mol. The van der Waals surface area contributed by atoms with E-state index in [4.69, 9.17) is 11.6 Å². The average molecular weight is 267 g/mol. The fourth-order valence-corrected chi connectivity index (χ4v) is 2.27. The molecule has 0 atom stereocenters. The van der Waals surface area contributed by atoms with Gasteiger partial charge in [0.25, 0.3) is 0 Å². The molecule has 0 amide bonds. The van der Waals surface area contributed by atoms with E-state index in [1.54, 1.807) is 23.5 Å². The van der Waals surface area contributed by atoms with Crippen LogP contribution in [-0.2, 0) is 6.54 Å². The Labute approximate surface area is 109 Å². The minimum absolute atomic E-state index is 0.475. The molecule has 5 heteroatoms. The molecule has 0 unspecified atom stereocenters. The summed E-state index contributed by atoms with van der Waals surface area (Å²) in [5.74, 6) is 0. The van der Waals surface area contributed by atoms with Crippen LogP contribution in [-0.4, -0.2) is 18.3 Å². The van der Waals surface area contributed by atoms with Crippen LogP contribution in [0.5, 0.6) is 0 Å². The van der Waals surface area contributed by atoms with Crippen molar-refractivity contribution in [1.29, 1.82) is 0 Å². The topological polar surface area (TPSA) is 33.2 Å². The summed E-state index contributed by atoms with van der Waals surface area (Å²) in [4.78, 5) is 16.9. The van der Waals surface area contributed by atoms with Gasteiger partial charge in [-0.15, -0.1) is 11.3 Å². The van der Waals surface area contributed by atoms with Gasteiger partial charge in [-0.1, -0.05) is 11.6 Å². The van der Waals surface area contributed by atoms with Crippen LogP contribution in [0.1, 0.15) is 16.1 Å². The molecule has 2 aromatic rings. The molecule has 0 aliphatic rings. The van der Waals surface area contributed by atoms with Crippen LogP contribution >= 0.6 is 22.9 Å². The van der Waals surface area contributed by atoms with Crippen LogP contribution in [0.25, 0.3) is 0 Å². The van der Waals surface area contributed by atoms with E-state index in [9.17, 15) is 4.79 Å². The molecule has 0 bridgehead atoms. The summed E-state index contributed by atoms with van der Waals surface area (Å²) >= 11 is 7.56. The van der Waals surface area contributed by atoms with Crippen molar-refractivity contribution in [3.8, 4) is 0 Å². The Morgan fingerprint density at radius 2 is 2.35 bits per heavy atom. The second-order valence-corrected chi connectivity index (χ2v) is 4.79. The van der Waals surface area contributed by atoms with Crippen molar-refractivity contribution in [3.05, 3.63) is 45.4 Å². The van der Waals surface area contributed by atoms with Gasteiger partial charge in [-0.2, -0.15) is 0 Å². The van der Waals surface area contributed by atoms with Gasteiger partial charge in [0.1, 0.15) is 0 Å². The predicted molar refractivity (Wildman–Crippen MR) is 71.1 cm³/mol. The highest BCUT2D eigenvalue weighted by molar-refractivity contribution is 7.07. The summed E-state index contributed by atoms with van der Waals surface area (Å²) in [5, 5.41) is 2.49. The number of carbonyl (C=O) groups excluding carboxylic acids is 1. The molecule has 17 heavy (non-hydrogen) atoms. The minimum Gasteiger partial charge on any atom is -0.369 e. The lowest BCUT2D eigenvalue weighted by Gasteiger charge is -2.18. The molecule has 0 radical (unpaired) electrons. The Balaban J connectivity index is 2.16. The van der Waals surface area contributed by atoms with E-state index in [2.05, 4.69) is 4.98 Å². The third-order valence-corrected chi connectivity index (χ3v) is 3.40. The van der Waals surface area contributed by atoms with Crippen molar-refractivity contribution in [2.45, 2.75) is 6.54 Å². The number of anilines is 1. The van der Waals surface area contributed by atoms with Crippen LogP contribution in [0, 0.1) is 0 Å². The van der Waals surface area contributed by atoms with E-state index in [0.717, 1.165) is 24.2 Å². The maximum Gasteiger partial charge on any atom is 0.151 e. The van der Waals surface area contributed by atoms with Crippen LogP contribution in [0.2, 0.25) is 5.02 Å². The first-order valence-electron chi connectivity index (χ1n) is 5.03. The number of aromatic nitrogens is 1. The maximum atomic E-state index is 10.7. The Hall–Kier alpha value is -1.39. The third kappa shape index (κ3) is 2.84. The zero-order valence-corrected chi connectivity index (χ0v) is 10.8. The van der Waals surface area contributed by atoms with Crippen molar-refractivity contribution >= 4 is 34.9 Å². The first-order chi connectivity index (χ1) is 8.20. The Morgan fingerprint density at radius 3 is 2.94 bits per heavy atom. The number of hydrogen-bond donors (Lipinski definition) is 0. The van der Waals surface area contributed by atoms with Crippen LogP contribution in [0.3, 0.4) is 0 Å². The van der Waals surface area contributed by atoms with E-state index >= 15 is 0 Å². The fraction of sp³-hybridized carbons (Fsp3) is 0.167. The second-order valence-electron chi connectivity index (χ2n) is 3.66. The molecule has 1 aromatic carbocycles. The Morgan fingerprint density at radius 1 is 1.53 bits per heavy atom. The van der Waals surface area contributed by atoms with Gasteiger partial charge in [0, 0.05) is 23.7 Å². The maximum absolute atomic E-state index is 10.7. The van der Waals surface area contributed by atoms with Crippen LogP contribution in [0.4, 0.5) is 5.69 Å². The van der Waals surface area contributed by atoms with Crippen molar-refractivity contribution in [3.63, 3.8) is 0 Å². The number of rotatable bonds is 4. The van der Waals surface area contributed by atoms with Crippen molar-refractivity contribution in [2.24, 2.45) is 0 Å². The molecule has 88 valence electrons. The second kappa shape index (κ2) is 5.29. The summed E-state index contributed by atoms with van der Waals surface area (Å²) in [6.45, 7) is 0.722. The molecule has 0 saturated carbocycles. The summed E-state index contributed by atoms with van der Waals surface area (Å²) in [5.41, 5.74) is 4.31. The van der Waals surface area contributed by atoms with Gasteiger partial charge in [-0.25, -0.2) is 4.98 Å². The summed E-state index contributed by atoms with van der Waals surface area (Å²) < 4.78 is 0. The molecule has 0 N–H and O–H groups in total. The molecule has 3 nitrogen and oxygen atoms in total. The highest BCUT2D eigenvalue weighted by atomic mass is 35.5. The monoisotopic (exact) mass is 266 g/mol. The summed E-state index contributed by atoms with van der Waals surface area (Å²) in [6.07, 6.45) is 0.756. The zero-order chi connectivity index (χ0) is 12.3. The fourth-order valence-electron chi connectivity index (χ4n) is 1.50. The van der Waals surface area contributed by atoms with E-state index in [1.165, 1.54) is 0 Å². The number of aldehydes is 1. The Kier molecular flexibility index (Phi) is 3.76. The standard InChI is InChI=1S/C12H11ClN2OS/c1-15(5-10-7-17-8-14-10)11-3-2-9(6-16)12(13)4-11/h2-4,6-8H,5H2,1H3. The number of thiazole rings is 1. The first kappa shape index (κ1) is 12.1. The van der Waals surface area contributed by atoms with Crippen LogP contribution in [0.15, 0.2) is 29.1 Å². The highest BCUT2D eigenvalue weighted by Gasteiger charge is 2.06. The SMILES string of the molecule is CN(Cc1cscn1)c1ccc(C=O)c(Cl)c1. The lowest BCUT2D eigenvalue weighted by molar-refractivity contribution is 0.112. The minimum atomic E-state index is 0.475. The smallest absolute Gasteiger partial charge is 0.151 e. The van der Waals surface area contributed by atoms with Gasteiger partial charge in [0.15, 0.2) is 6.29 Å². The summed E-state index contributed by atoms with van der Waals surface area (Å²) in [6, 6.07) is 5.39. The van der Waals surface area contributed by atoms with Crippen molar-refractivity contribution in [2.75, 3.05) is 11.9 Å². The van der Waals surface area contributed by atoms with Crippen molar-refractivity contribution < 1.29 is 4.79 Å². The molecule has 1 heterocycles. The van der Waals surface area contributed by atoms with Gasteiger partial charge >= 0.3 is 0 Å². The van der Waals surface area contributed by atoms with E-state index < -0.39 is 0 Å². The lowest BCUT2D eigenvalue weighted by atomic mass is 10.2. The van der Waals surface area contributed by atoms with Gasteiger partial charge in [-0.3, -0.25) is 4.79 Å². The van der Waals surface area contributed by atoms with Gasteiger partial charge in [0.05, 0.1) is 22.8 Å². The van der Waals surface area contributed by atoms with E-state index in [-0.39, 0.29) is 0 Å². The van der Waals surface area contributed by atoms with Crippen LogP contribution < -0.4 is 4.90 Å². The van der Waals surface area contributed by atoms with Gasteiger partial charge in [-0.05, 0) is 18.2 Å². The number of carbonyl (C=O) groups is 1. The highest BCUT2D eigenvalue weighted by Crippen LogP contribution is 2.23. The normalized spacial score (nSPS) is 10.2. The quantitative estimate of drug-likeness (QED) is 0.797. The third-order valence-electron chi connectivity index (χ3n) is 2.43. The van der Waals surface area contributed by atoms with Gasteiger partial charge in [0.2, 0.25) is 0 Å². The van der Waals surface area contributed by atoms with E-state index in [1.807, 2.05) is 28.9 Å². The molecule has 0 fully saturated rings. The molecule has 2 rings (SSSR count). The lowest BCUT2D eigenvalue weighted by Crippen LogP contribution is -2.16. The average Bonchev–Trinajstić information content (AvgIpc) is 2.81. The predicted octanol–water partition coefficient (Wildman–Crippen LogP) is 3.25. The van der Waals surface area contributed by atoms with Gasteiger partial charge < -0.3 is 4.90 Å². The molecule has 0 aliphatic heterocycles. The number of halogens is 1.